The van der Waals surface area contributed by atoms with Crippen LogP contribution in [0.25, 0.3) is 22.4 Å². The number of unbranched alkanes of at least 4 members (excludes halogenated alkanes) is 7. The lowest BCUT2D eigenvalue weighted by molar-refractivity contribution is -0.669. The third kappa shape index (κ3) is 11.4. The molecule has 1 fully saturated rings. The molecule has 0 radical (unpaired) electrons. The van der Waals surface area contributed by atoms with Gasteiger partial charge in [0.2, 0.25) is 15.5 Å². The molecule has 1 saturated heterocycles. The molecule has 260 valence electrons. The van der Waals surface area contributed by atoms with E-state index in [-0.39, 0.29) is 12.2 Å². The van der Waals surface area contributed by atoms with Crippen molar-refractivity contribution in [2.24, 2.45) is 0 Å². The van der Waals surface area contributed by atoms with E-state index >= 15 is 0 Å². The summed E-state index contributed by atoms with van der Waals surface area (Å²) in [5, 5.41) is 0.940. The van der Waals surface area contributed by atoms with Crippen molar-refractivity contribution in [1.82, 2.24) is 4.31 Å². The summed E-state index contributed by atoms with van der Waals surface area (Å²) >= 11 is 1.52. The summed E-state index contributed by atoms with van der Waals surface area (Å²) in [6.45, 7) is 8.27. The average Bonchev–Trinajstić information content (AvgIpc) is 3.41. The highest BCUT2D eigenvalue weighted by atomic mass is 32.2. The van der Waals surface area contributed by atoms with Crippen LogP contribution in [0.15, 0.2) is 47.4 Å². The van der Waals surface area contributed by atoms with Gasteiger partial charge in [-0.3, -0.25) is 0 Å². The topological polar surface area (TPSA) is 102 Å². The lowest BCUT2D eigenvalue weighted by atomic mass is 10.1. The number of sulfonamides is 1. The molecule has 0 aliphatic carbocycles. The van der Waals surface area contributed by atoms with Crippen LogP contribution < -0.4 is 9.47 Å². The predicted molar refractivity (Wildman–Crippen MR) is 194 cm³/mol. The van der Waals surface area contributed by atoms with Crippen LogP contribution >= 0.6 is 11.3 Å². The van der Waals surface area contributed by atoms with Gasteiger partial charge in [0.15, 0.2) is 6.54 Å². The Morgan fingerprint density at radius 2 is 1.47 bits per heavy atom. The highest BCUT2D eigenvalue weighted by Gasteiger charge is 2.28. The van der Waals surface area contributed by atoms with Crippen molar-refractivity contribution in [3.8, 4) is 0 Å². The van der Waals surface area contributed by atoms with Crippen molar-refractivity contribution in [1.29, 1.82) is 0 Å². The molecule has 1 aliphatic heterocycles. The summed E-state index contributed by atoms with van der Waals surface area (Å²) in [6, 6.07) is 14.0. The SMILES string of the molecule is CCCCCCN(CCCCCC)c1ccc(C=Cc2sc3cc(S(=O)(=O)N4CCCCC4)ccc3[n+]2CCCCS(=O)(=O)[O-])cc1. The number of aryl methyl sites for hydroxylation is 1. The van der Waals surface area contributed by atoms with E-state index in [4.69, 9.17) is 0 Å². The molecule has 1 aliphatic rings. The number of piperidine rings is 1. The Hall–Kier alpha value is -2.31. The number of anilines is 1. The van der Waals surface area contributed by atoms with E-state index in [1.165, 1.54) is 68.4 Å². The van der Waals surface area contributed by atoms with Crippen LogP contribution in [0.1, 0.15) is 108 Å². The quantitative estimate of drug-likeness (QED) is 0.0676. The number of hydrogen-bond acceptors (Lipinski definition) is 7. The van der Waals surface area contributed by atoms with Crippen LogP contribution in [0.3, 0.4) is 0 Å². The zero-order valence-electron chi connectivity index (χ0n) is 28.2. The van der Waals surface area contributed by atoms with Gasteiger partial charge in [0.25, 0.3) is 5.01 Å². The second-order valence-corrected chi connectivity index (χ2v) is 17.2. The first-order chi connectivity index (χ1) is 22.6. The minimum atomic E-state index is -4.27. The fourth-order valence-electron chi connectivity index (χ4n) is 6.20. The minimum absolute atomic E-state index is 0.273. The maximum absolute atomic E-state index is 13.4. The maximum atomic E-state index is 13.4. The molecule has 0 unspecified atom stereocenters. The molecular formula is C36H53N3O5S3. The average molecular weight is 704 g/mol. The van der Waals surface area contributed by atoms with E-state index in [1.807, 2.05) is 6.07 Å². The van der Waals surface area contributed by atoms with E-state index < -0.39 is 20.1 Å². The number of thiazole rings is 1. The molecule has 0 N–H and O–H groups in total. The summed E-state index contributed by atoms with van der Waals surface area (Å²) in [4.78, 5) is 2.83. The highest BCUT2D eigenvalue weighted by Crippen LogP contribution is 2.28. The van der Waals surface area contributed by atoms with Gasteiger partial charge in [0.05, 0.1) is 15.0 Å². The third-order valence-electron chi connectivity index (χ3n) is 8.92. The summed E-state index contributed by atoms with van der Waals surface area (Å²) < 4.78 is 64.9. The van der Waals surface area contributed by atoms with E-state index in [0.29, 0.717) is 31.0 Å². The number of benzene rings is 2. The molecule has 4 rings (SSSR count). The molecule has 0 atom stereocenters. The maximum Gasteiger partial charge on any atom is 0.262 e. The largest absolute Gasteiger partial charge is 0.748 e. The number of hydrogen-bond donors (Lipinski definition) is 0. The zero-order chi connectivity index (χ0) is 33.7. The fraction of sp³-hybridized carbons (Fsp3) is 0.583. The van der Waals surface area contributed by atoms with E-state index in [1.54, 1.807) is 16.4 Å². The fourth-order valence-corrected chi connectivity index (χ4v) is 9.50. The first kappa shape index (κ1) is 37.5. The Kier molecular flexibility index (Phi) is 14.7. The Balaban J connectivity index is 1.56. The summed E-state index contributed by atoms with van der Waals surface area (Å²) in [5.41, 5.74) is 3.22. The number of nitrogens with zero attached hydrogens (tertiary/aromatic N) is 3. The van der Waals surface area contributed by atoms with Crippen molar-refractivity contribution in [3.05, 3.63) is 53.0 Å². The van der Waals surface area contributed by atoms with Gasteiger partial charge in [-0.2, -0.15) is 8.87 Å². The summed E-state index contributed by atoms with van der Waals surface area (Å²) in [6.07, 6.45) is 17.7. The second kappa shape index (κ2) is 18.5. The zero-order valence-corrected chi connectivity index (χ0v) is 30.7. The van der Waals surface area contributed by atoms with Crippen LogP contribution in [0, 0.1) is 0 Å². The second-order valence-electron chi connectivity index (χ2n) is 12.7. The normalized spacial score (nSPS) is 14.8. The smallest absolute Gasteiger partial charge is 0.262 e. The van der Waals surface area contributed by atoms with Crippen molar-refractivity contribution in [3.63, 3.8) is 0 Å². The lowest BCUT2D eigenvalue weighted by Crippen LogP contribution is -2.36. The Morgan fingerprint density at radius 3 is 2.09 bits per heavy atom. The Labute approximate surface area is 287 Å². The van der Waals surface area contributed by atoms with Crippen molar-refractivity contribution < 1.29 is 26.0 Å². The molecule has 2 heterocycles. The first-order valence-electron chi connectivity index (χ1n) is 17.6. The molecule has 0 saturated carbocycles. The van der Waals surface area contributed by atoms with Gasteiger partial charge in [0, 0.05) is 56.2 Å². The molecule has 11 heteroatoms. The Bertz CT molecular complexity index is 1630. The van der Waals surface area contributed by atoms with Crippen molar-refractivity contribution in [2.45, 2.75) is 109 Å². The molecular weight excluding hydrogens is 651 g/mol. The van der Waals surface area contributed by atoms with E-state index in [0.717, 1.165) is 53.1 Å². The number of rotatable bonds is 20. The van der Waals surface area contributed by atoms with Gasteiger partial charge in [0.1, 0.15) is 4.70 Å². The molecule has 1 aromatic heterocycles. The van der Waals surface area contributed by atoms with Crippen LogP contribution in [-0.2, 0) is 26.7 Å². The van der Waals surface area contributed by atoms with Crippen LogP contribution in [0.4, 0.5) is 5.69 Å². The lowest BCUT2D eigenvalue weighted by Gasteiger charge is -2.25. The number of fused-ring (bicyclic) bond motifs is 1. The standard InChI is InChI=1S/C36H53N3O5S3/c1-3-5-7-10-24-37(25-11-8-6-4-2)32-19-16-31(17-20-32)18-23-36-39(28-14-15-29-46(40,41)42)34-22-21-33(30-35(34)45-36)47(43,44)38-26-12-9-13-27-38/h16-23,30H,3-15,24-29H2,1-2H3. The van der Waals surface area contributed by atoms with Crippen LogP contribution in [0.2, 0.25) is 0 Å². The van der Waals surface area contributed by atoms with E-state index in [2.05, 4.69) is 59.7 Å². The molecule has 8 nitrogen and oxygen atoms in total. The van der Waals surface area contributed by atoms with Crippen LogP contribution in [0.5, 0.6) is 0 Å². The number of aromatic nitrogens is 1. The Morgan fingerprint density at radius 1 is 0.809 bits per heavy atom. The first-order valence-corrected chi connectivity index (χ1v) is 21.4. The van der Waals surface area contributed by atoms with E-state index in [9.17, 15) is 21.4 Å². The molecule has 47 heavy (non-hydrogen) atoms. The van der Waals surface area contributed by atoms with Gasteiger partial charge in [-0.05, 0) is 68.0 Å². The molecule has 0 spiro atoms. The van der Waals surface area contributed by atoms with Crippen molar-refractivity contribution >= 4 is 59.5 Å². The highest BCUT2D eigenvalue weighted by molar-refractivity contribution is 7.89. The van der Waals surface area contributed by atoms with Gasteiger partial charge in [-0.1, -0.05) is 82.3 Å². The van der Waals surface area contributed by atoms with Gasteiger partial charge < -0.3 is 9.45 Å². The molecule has 0 amide bonds. The molecule has 0 bridgehead atoms. The van der Waals surface area contributed by atoms with Gasteiger partial charge >= 0.3 is 0 Å². The molecule has 2 aromatic carbocycles. The summed E-state index contributed by atoms with van der Waals surface area (Å²) in [7, 11) is -7.84. The summed E-state index contributed by atoms with van der Waals surface area (Å²) in [5.74, 6) is -0.389. The third-order valence-corrected chi connectivity index (χ3v) is 12.7. The van der Waals surface area contributed by atoms with Crippen molar-refractivity contribution in [2.75, 3.05) is 36.8 Å². The predicted octanol–water partition coefficient (Wildman–Crippen LogP) is 7.83. The van der Waals surface area contributed by atoms with Crippen LogP contribution in [-0.4, -0.2) is 57.6 Å². The minimum Gasteiger partial charge on any atom is -0.748 e. The monoisotopic (exact) mass is 703 g/mol. The van der Waals surface area contributed by atoms with Gasteiger partial charge in [-0.15, -0.1) is 0 Å². The molecule has 3 aromatic rings. The van der Waals surface area contributed by atoms with Gasteiger partial charge in [-0.25, -0.2) is 16.8 Å².